The molecule has 1 aromatic rings. The fraction of sp³-hybridized carbons (Fsp3) is 0.667. The smallest absolute Gasteiger partial charge is 0.240 e. The van der Waals surface area contributed by atoms with Crippen molar-refractivity contribution in [1.29, 1.82) is 0 Å². The van der Waals surface area contributed by atoms with Crippen LogP contribution in [0.1, 0.15) is 25.7 Å². The summed E-state index contributed by atoms with van der Waals surface area (Å²) in [6.45, 7) is 4.01. The van der Waals surface area contributed by atoms with Crippen LogP contribution in [0.25, 0.3) is 0 Å². The summed E-state index contributed by atoms with van der Waals surface area (Å²) in [7, 11) is -3.72. The second kappa shape index (κ2) is 10.6. The zero-order valence-corrected chi connectivity index (χ0v) is 16.9. The van der Waals surface area contributed by atoms with Gasteiger partial charge in [-0.2, -0.15) is 0 Å². The van der Waals surface area contributed by atoms with E-state index >= 15 is 0 Å². The molecule has 2 heterocycles. The number of nitrogens with one attached hydrogen (secondary N) is 2. The van der Waals surface area contributed by atoms with Gasteiger partial charge in [-0.05, 0) is 62.9 Å². The molecule has 2 atom stereocenters. The van der Waals surface area contributed by atoms with E-state index < -0.39 is 15.8 Å². The van der Waals surface area contributed by atoms with Gasteiger partial charge >= 0.3 is 0 Å². The Morgan fingerprint density at radius 3 is 2.81 bits per heavy atom. The molecule has 0 aliphatic carbocycles. The average molecular weight is 423 g/mol. The van der Waals surface area contributed by atoms with E-state index in [1.165, 1.54) is 12.1 Å². The molecule has 2 unspecified atom stereocenters. The Kier molecular flexibility index (Phi) is 8.75. The first-order valence-corrected chi connectivity index (χ1v) is 10.7. The maximum atomic E-state index is 14.2. The van der Waals surface area contributed by atoms with Gasteiger partial charge in [0.2, 0.25) is 10.0 Å². The van der Waals surface area contributed by atoms with Crippen LogP contribution in [0, 0.1) is 17.7 Å². The number of benzene rings is 1. The number of hydrogen-bond donors (Lipinski definition) is 2. The standard InChI is InChI=1S/C18H27FN2O4S.ClH/c19-17-10-16(3-4-18(17)25-13-15-6-9-24-12-15)26(22,23)21-8-5-14-2-1-7-20-11-14;/h3-4,10,14-15,20-21H,1-2,5-9,11-13H2;1H. The molecule has 2 fully saturated rings. The van der Waals surface area contributed by atoms with Crippen LogP contribution >= 0.6 is 12.4 Å². The van der Waals surface area contributed by atoms with Gasteiger partial charge in [-0.15, -0.1) is 12.4 Å². The van der Waals surface area contributed by atoms with Crippen LogP contribution in [0.2, 0.25) is 0 Å². The Hall–Kier alpha value is -0.930. The first-order chi connectivity index (χ1) is 12.5. The molecule has 2 saturated heterocycles. The van der Waals surface area contributed by atoms with Gasteiger partial charge in [0.05, 0.1) is 18.1 Å². The van der Waals surface area contributed by atoms with Crippen LogP contribution < -0.4 is 14.8 Å². The minimum absolute atomic E-state index is 0. The Bertz CT molecular complexity index is 693. The van der Waals surface area contributed by atoms with Gasteiger partial charge in [-0.1, -0.05) is 0 Å². The molecule has 2 N–H and O–H groups in total. The fourth-order valence-electron chi connectivity index (χ4n) is 3.34. The summed E-state index contributed by atoms with van der Waals surface area (Å²) in [6, 6.07) is 3.78. The van der Waals surface area contributed by atoms with E-state index in [-0.39, 0.29) is 29.0 Å². The molecule has 0 spiro atoms. The van der Waals surface area contributed by atoms with E-state index in [1.807, 2.05) is 0 Å². The Balaban J connectivity index is 0.00000261. The summed E-state index contributed by atoms with van der Waals surface area (Å²) in [6.07, 6.45) is 3.91. The SMILES string of the molecule is Cl.O=S(=O)(NCCC1CCCNC1)c1ccc(OCC2CCOC2)c(F)c1. The Morgan fingerprint density at radius 1 is 1.30 bits per heavy atom. The van der Waals surface area contributed by atoms with E-state index in [0.717, 1.165) is 44.8 Å². The summed E-state index contributed by atoms with van der Waals surface area (Å²) in [5.41, 5.74) is 0. The van der Waals surface area contributed by atoms with E-state index in [1.54, 1.807) is 0 Å². The van der Waals surface area contributed by atoms with Crippen molar-refractivity contribution in [3.63, 3.8) is 0 Å². The third kappa shape index (κ3) is 6.57. The van der Waals surface area contributed by atoms with E-state index in [0.29, 0.717) is 32.3 Å². The zero-order valence-electron chi connectivity index (χ0n) is 15.3. The third-order valence-electron chi connectivity index (χ3n) is 4.96. The van der Waals surface area contributed by atoms with Gasteiger partial charge in [-0.25, -0.2) is 17.5 Å². The maximum absolute atomic E-state index is 14.2. The van der Waals surface area contributed by atoms with Crippen molar-refractivity contribution in [3.8, 4) is 5.75 Å². The maximum Gasteiger partial charge on any atom is 0.240 e. The highest BCUT2D eigenvalue weighted by Gasteiger charge is 2.20. The monoisotopic (exact) mass is 422 g/mol. The number of sulfonamides is 1. The summed E-state index contributed by atoms with van der Waals surface area (Å²) in [5, 5.41) is 3.31. The number of hydrogen-bond acceptors (Lipinski definition) is 5. The lowest BCUT2D eigenvalue weighted by Crippen LogP contribution is -2.33. The summed E-state index contributed by atoms with van der Waals surface area (Å²) in [5.74, 6) is 0.152. The van der Waals surface area contributed by atoms with Crippen LogP contribution in [0.15, 0.2) is 23.1 Å². The number of rotatable bonds is 8. The Morgan fingerprint density at radius 2 is 2.15 bits per heavy atom. The van der Waals surface area contributed by atoms with Gasteiger partial charge in [-0.3, -0.25) is 0 Å². The van der Waals surface area contributed by atoms with E-state index in [4.69, 9.17) is 9.47 Å². The third-order valence-corrected chi connectivity index (χ3v) is 6.41. The second-order valence-electron chi connectivity index (χ2n) is 7.03. The summed E-state index contributed by atoms with van der Waals surface area (Å²) < 4.78 is 52.2. The topological polar surface area (TPSA) is 76.7 Å². The highest BCUT2D eigenvalue weighted by Crippen LogP contribution is 2.23. The molecule has 0 saturated carbocycles. The van der Waals surface area contributed by atoms with Crippen LogP contribution in [-0.2, 0) is 14.8 Å². The zero-order chi connectivity index (χ0) is 18.4. The minimum Gasteiger partial charge on any atom is -0.490 e. The molecular formula is C18H28ClFN2O4S. The predicted octanol–water partition coefficient (Wildman–Crippen LogP) is 2.33. The molecule has 2 aliphatic rings. The highest BCUT2D eigenvalue weighted by molar-refractivity contribution is 7.89. The van der Waals surface area contributed by atoms with Crippen molar-refractivity contribution < 1.29 is 22.3 Å². The van der Waals surface area contributed by atoms with Crippen molar-refractivity contribution in [3.05, 3.63) is 24.0 Å². The molecule has 27 heavy (non-hydrogen) atoms. The lowest BCUT2D eigenvalue weighted by Gasteiger charge is -2.22. The molecule has 0 radical (unpaired) electrons. The largest absolute Gasteiger partial charge is 0.490 e. The molecule has 6 nitrogen and oxygen atoms in total. The van der Waals surface area contributed by atoms with Crippen LogP contribution in [-0.4, -0.2) is 47.9 Å². The summed E-state index contributed by atoms with van der Waals surface area (Å²) in [4.78, 5) is -0.0756. The van der Waals surface area contributed by atoms with Crippen molar-refractivity contribution >= 4 is 22.4 Å². The van der Waals surface area contributed by atoms with Crippen molar-refractivity contribution in [2.45, 2.75) is 30.6 Å². The lowest BCUT2D eigenvalue weighted by atomic mass is 9.96. The van der Waals surface area contributed by atoms with E-state index in [2.05, 4.69) is 10.0 Å². The lowest BCUT2D eigenvalue weighted by molar-refractivity contribution is 0.165. The van der Waals surface area contributed by atoms with Gasteiger partial charge < -0.3 is 14.8 Å². The average Bonchev–Trinajstić information content (AvgIpc) is 3.15. The van der Waals surface area contributed by atoms with Crippen LogP contribution in [0.3, 0.4) is 0 Å². The van der Waals surface area contributed by atoms with Crippen LogP contribution in [0.5, 0.6) is 5.75 Å². The number of ether oxygens (including phenoxy) is 2. The molecule has 2 aliphatic heterocycles. The second-order valence-corrected chi connectivity index (χ2v) is 8.80. The van der Waals surface area contributed by atoms with Gasteiger partial charge in [0.25, 0.3) is 0 Å². The van der Waals surface area contributed by atoms with Crippen LogP contribution in [0.4, 0.5) is 4.39 Å². The van der Waals surface area contributed by atoms with Crippen molar-refractivity contribution in [2.75, 3.05) is 39.5 Å². The van der Waals surface area contributed by atoms with Crippen molar-refractivity contribution in [1.82, 2.24) is 10.0 Å². The molecule has 3 rings (SSSR count). The number of halogens is 2. The highest BCUT2D eigenvalue weighted by atomic mass is 35.5. The molecule has 9 heteroatoms. The minimum atomic E-state index is -3.72. The molecule has 0 bridgehead atoms. The van der Waals surface area contributed by atoms with Gasteiger partial charge in [0.1, 0.15) is 0 Å². The predicted molar refractivity (Wildman–Crippen MR) is 103 cm³/mol. The molecule has 154 valence electrons. The van der Waals surface area contributed by atoms with Crippen molar-refractivity contribution in [2.24, 2.45) is 11.8 Å². The molecule has 0 amide bonds. The van der Waals surface area contributed by atoms with Gasteiger partial charge in [0.15, 0.2) is 11.6 Å². The Labute approximate surface area is 166 Å². The molecular weight excluding hydrogens is 395 g/mol. The normalized spacial score (nSPS) is 23.0. The van der Waals surface area contributed by atoms with E-state index in [9.17, 15) is 12.8 Å². The first kappa shape index (κ1) is 22.4. The first-order valence-electron chi connectivity index (χ1n) is 9.25. The number of piperidine rings is 1. The quantitative estimate of drug-likeness (QED) is 0.672. The molecule has 1 aromatic carbocycles. The summed E-state index contributed by atoms with van der Waals surface area (Å²) >= 11 is 0. The fourth-order valence-corrected chi connectivity index (χ4v) is 4.40. The van der Waals surface area contributed by atoms with Gasteiger partial charge in [0, 0.05) is 19.1 Å². The molecule has 0 aromatic heterocycles.